The van der Waals surface area contributed by atoms with Gasteiger partial charge in [-0.05, 0) is 12.8 Å². The van der Waals surface area contributed by atoms with E-state index in [4.69, 9.17) is 4.74 Å². The van der Waals surface area contributed by atoms with Crippen molar-refractivity contribution in [2.24, 2.45) is 5.41 Å². The molecule has 0 amide bonds. The predicted molar refractivity (Wildman–Crippen MR) is 100 cm³/mol. The number of rotatable bonds is 4. The van der Waals surface area contributed by atoms with E-state index in [1.54, 1.807) is 24.7 Å². The molecule has 0 unspecified atom stereocenters. The molecule has 2 aromatic rings. The van der Waals surface area contributed by atoms with Gasteiger partial charge < -0.3 is 25.4 Å². The molecule has 2 aliphatic carbocycles. The minimum absolute atomic E-state index is 0.371. The Morgan fingerprint density at radius 3 is 2.57 bits per heavy atom. The fourth-order valence-electron chi connectivity index (χ4n) is 5.41. The molecule has 0 spiro atoms. The summed E-state index contributed by atoms with van der Waals surface area (Å²) in [5.74, 6) is 0.671. The van der Waals surface area contributed by atoms with E-state index in [9.17, 15) is 15.3 Å². The van der Waals surface area contributed by atoms with E-state index in [2.05, 4.69) is 20.3 Å². The van der Waals surface area contributed by atoms with Gasteiger partial charge in [0, 0.05) is 11.5 Å². The summed E-state index contributed by atoms with van der Waals surface area (Å²) in [7, 11) is 0. The second-order valence-electron chi connectivity index (χ2n) is 8.84. The summed E-state index contributed by atoms with van der Waals surface area (Å²) < 4.78 is 7.49. The number of aromatic nitrogens is 4. The summed E-state index contributed by atoms with van der Waals surface area (Å²) in [5, 5.41) is 35.5. The van der Waals surface area contributed by atoms with Gasteiger partial charge in [-0.1, -0.05) is 33.1 Å². The van der Waals surface area contributed by atoms with E-state index in [1.165, 1.54) is 25.6 Å². The normalized spacial score (nSPS) is 37.2. The number of hydrogen-bond acceptors (Lipinski definition) is 8. The second kappa shape index (κ2) is 5.85. The quantitative estimate of drug-likeness (QED) is 0.609. The number of anilines is 1. The van der Waals surface area contributed by atoms with E-state index in [0.29, 0.717) is 23.0 Å². The van der Waals surface area contributed by atoms with Crippen LogP contribution in [0, 0.1) is 5.41 Å². The Balaban J connectivity index is 1.52. The molecule has 4 atom stereocenters. The van der Waals surface area contributed by atoms with Crippen molar-refractivity contribution in [1.29, 1.82) is 0 Å². The monoisotopic (exact) mass is 389 g/mol. The highest BCUT2D eigenvalue weighted by Crippen LogP contribution is 2.75. The Hall–Kier alpha value is -1.81. The van der Waals surface area contributed by atoms with Crippen molar-refractivity contribution in [3.63, 3.8) is 0 Å². The molecule has 1 saturated heterocycles. The number of aliphatic hydroxyl groups excluding tert-OH is 1. The SMILES string of the molecule is CC1(C)[C@]2(O)[C@@H](CO)O[C@@H](n3cnc4c(NC5CCCCC5)ncnc43)[C@]12O. The number of fused-ring (bicyclic) bond motifs is 2. The molecule has 0 radical (unpaired) electrons. The molecule has 28 heavy (non-hydrogen) atoms. The molecule has 3 fully saturated rings. The van der Waals surface area contributed by atoms with Crippen LogP contribution < -0.4 is 5.32 Å². The van der Waals surface area contributed by atoms with Crippen molar-refractivity contribution < 1.29 is 20.1 Å². The third-order valence-corrected chi connectivity index (χ3v) is 7.26. The molecule has 2 saturated carbocycles. The van der Waals surface area contributed by atoms with E-state index < -0.39 is 28.9 Å². The van der Waals surface area contributed by atoms with Gasteiger partial charge in [0.1, 0.15) is 23.6 Å². The molecule has 5 rings (SSSR count). The van der Waals surface area contributed by atoms with Crippen LogP contribution in [0.4, 0.5) is 5.82 Å². The zero-order valence-electron chi connectivity index (χ0n) is 16.2. The maximum atomic E-state index is 11.3. The Bertz CT molecular complexity index is 911. The van der Waals surface area contributed by atoms with Crippen molar-refractivity contribution in [2.45, 2.75) is 75.5 Å². The highest BCUT2D eigenvalue weighted by Gasteiger charge is 2.92. The van der Waals surface area contributed by atoms with Gasteiger partial charge in [0.25, 0.3) is 0 Å². The smallest absolute Gasteiger partial charge is 0.169 e. The lowest BCUT2D eigenvalue weighted by Gasteiger charge is -2.27. The Morgan fingerprint density at radius 1 is 1.14 bits per heavy atom. The number of aliphatic hydroxyl groups is 3. The van der Waals surface area contributed by atoms with Crippen molar-refractivity contribution in [3.05, 3.63) is 12.7 Å². The third-order valence-electron chi connectivity index (χ3n) is 7.26. The second-order valence-corrected chi connectivity index (χ2v) is 8.84. The van der Waals surface area contributed by atoms with Gasteiger partial charge in [-0.15, -0.1) is 0 Å². The Morgan fingerprint density at radius 2 is 1.89 bits per heavy atom. The molecular formula is C19H27N5O4. The average molecular weight is 389 g/mol. The zero-order valence-corrected chi connectivity index (χ0v) is 16.2. The molecule has 9 nitrogen and oxygen atoms in total. The summed E-state index contributed by atoms with van der Waals surface area (Å²) in [6.45, 7) is 3.17. The number of nitrogens with one attached hydrogen (secondary N) is 1. The van der Waals surface area contributed by atoms with Crippen molar-refractivity contribution in [2.75, 3.05) is 11.9 Å². The van der Waals surface area contributed by atoms with E-state index >= 15 is 0 Å². The van der Waals surface area contributed by atoms with Crippen LogP contribution in [-0.2, 0) is 4.74 Å². The molecule has 9 heteroatoms. The van der Waals surface area contributed by atoms with E-state index in [1.807, 2.05) is 0 Å². The molecule has 1 aliphatic heterocycles. The van der Waals surface area contributed by atoms with Crippen LogP contribution in [0.25, 0.3) is 11.2 Å². The molecule has 0 bridgehead atoms. The largest absolute Gasteiger partial charge is 0.394 e. The highest BCUT2D eigenvalue weighted by atomic mass is 16.6. The number of nitrogens with zero attached hydrogens (tertiary/aromatic N) is 4. The van der Waals surface area contributed by atoms with Crippen molar-refractivity contribution in [1.82, 2.24) is 19.5 Å². The minimum Gasteiger partial charge on any atom is -0.394 e. The molecule has 0 aromatic carbocycles. The topological polar surface area (TPSA) is 126 Å². The van der Waals surface area contributed by atoms with Crippen LogP contribution >= 0.6 is 0 Å². The molecular weight excluding hydrogens is 362 g/mol. The van der Waals surface area contributed by atoms with Gasteiger partial charge in [0.2, 0.25) is 0 Å². The maximum absolute atomic E-state index is 11.3. The zero-order chi connectivity index (χ0) is 19.7. The lowest BCUT2D eigenvalue weighted by atomic mass is 9.95. The number of imidazole rings is 1. The summed E-state index contributed by atoms with van der Waals surface area (Å²) in [5.41, 5.74) is -2.76. The summed E-state index contributed by atoms with van der Waals surface area (Å²) in [6.07, 6.45) is 7.16. The first-order valence-corrected chi connectivity index (χ1v) is 10.0. The van der Waals surface area contributed by atoms with Crippen LogP contribution in [0.5, 0.6) is 0 Å². The minimum atomic E-state index is -1.54. The van der Waals surface area contributed by atoms with Crippen LogP contribution in [0.1, 0.15) is 52.2 Å². The summed E-state index contributed by atoms with van der Waals surface area (Å²) in [4.78, 5) is 13.2. The standard InChI is InChI=1S/C19H27N5O4/c1-17(2)18(26)12(8-25)28-16(19(17,18)27)24-10-22-13-14(20-9-21-15(13)24)23-11-6-4-3-5-7-11/h9-12,16,25-27H,3-8H2,1-2H3,(H,20,21,23)/t12-,16-,18-,19+/m1/s1. The summed E-state index contributed by atoms with van der Waals surface area (Å²) in [6, 6.07) is 0.371. The molecule has 4 N–H and O–H groups in total. The van der Waals surface area contributed by atoms with Gasteiger partial charge >= 0.3 is 0 Å². The third kappa shape index (κ3) is 2.02. The first-order valence-electron chi connectivity index (χ1n) is 10.0. The van der Waals surface area contributed by atoms with Crippen molar-refractivity contribution >= 4 is 17.0 Å². The lowest BCUT2D eigenvalue weighted by molar-refractivity contribution is -0.123. The molecule has 2 aromatic heterocycles. The van der Waals surface area contributed by atoms with Crippen LogP contribution in [0.2, 0.25) is 0 Å². The highest BCUT2D eigenvalue weighted by molar-refractivity contribution is 5.83. The Labute approximate surface area is 162 Å². The molecule has 152 valence electrons. The maximum Gasteiger partial charge on any atom is 0.169 e. The fourth-order valence-corrected chi connectivity index (χ4v) is 5.41. The van der Waals surface area contributed by atoms with Crippen LogP contribution in [0.15, 0.2) is 12.7 Å². The lowest BCUT2D eigenvalue weighted by Crippen LogP contribution is -2.36. The van der Waals surface area contributed by atoms with E-state index in [-0.39, 0.29) is 6.61 Å². The van der Waals surface area contributed by atoms with Crippen LogP contribution in [-0.4, -0.2) is 64.8 Å². The summed E-state index contributed by atoms with van der Waals surface area (Å²) >= 11 is 0. The van der Waals surface area contributed by atoms with Gasteiger partial charge in [-0.25, -0.2) is 15.0 Å². The first-order chi connectivity index (χ1) is 13.4. The number of hydrogen-bond donors (Lipinski definition) is 4. The number of ether oxygens (including phenoxy) is 1. The predicted octanol–water partition coefficient (Wildman–Crippen LogP) is 0.963. The van der Waals surface area contributed by atoms with Crippen LogP contribution in [0.3, 0.4) is 0 Å². The van der Waals surface area contributed by atoms with Gasteiger partial charge in [-0.2, -0.15) is 0 Å². The van der Waals surface area contributed by atoms with Gasteiger partial charge in [0.15, 0.2) is 23.2 Å². The first kappa shape index (κ1) is 18.2. The fraction of sp³-hybridized carbons (Fsp3) is 0.737. The van der Waals surface area contributed by atoms with E-state index in [0.717, 1.165) is 12.8 Å². The molecule has 3 aliphatic rings. The average Bonchev–Trinajstić information content (AvgIpc) is 3.06. The van der Waals surface area contributed by atoms with Crippen molar-refractivity contribution in [3.8, 4) is 0 Å². The van der Waals surface area contributed by atoms with Gasteiger partial charge in [0.05, 0.1) is 12.9 Å². The Kier molecular flexibility index (Phi) is 3.81. The molecule has 3 heterocycles. The van der Waals surface area contributed by atoms with Gasteiger partial charge in [-0.3, -0.25) is 4.57 Å².